The minimum absolute atomic E-state index is 0.0931. The van der Waals surface area contributed by atoms with Crippen molar-refractivity contribution in [3.63, 3.8) is 0 Å². The lowest BCUT2D eigenvalue weighted by Crippen LogP contribution is -2.22. The quantitative estimate of drug-likeness (QED) is 0.821. The molecule has 0 aliphatic rings. The Morgan fingerprint density at radius 3 is 2.35 bits per heavy atom. The summed E-state index contributed by atoms with van der Waals surface area (Å²) in [4.78, 5) is 2.28. The number of nitrogen functional groups attached to an aromatic ring is 1. The lowest BCUT2D eigenvalue weighted by molar-refractivity contribution is 0.253. The number of nitrogens with zero attached hydrogens (tertiary/aromatic N) is 1. The van der Waals surface area contributed by atoms with E-state index in [1.54, 1.807) is 0 Å². The van der Waals surface area contributed by atoms with E-state index in [9.17, 15) is 0 Å². The first kappa shape index (κ1) is 14.6. The zero-order valence-electron chi connectivity index (χ0n) is 12.1. The zero-order chi connectivity index (χ0) is 14.5. The minimum atomic E-state index is 0.0931. The highest BCUT2D eigenvalue weighted by atomic mass is 16.3. The molecule has 1 unspecified atom stereocenters. The first-order chi connectivity index (χ1) is 9.60. The van der Waals surface area contributed by atoms with Gasteiger partial charge in [0.25, 0.3) is 0 Å². The van der Waals surface area contributed by atoms with Crippen molar-refractivity contribution in [1.29, 1.82) is 0 Å². The summed E-state index contributed by atoms with van der Waals surface area (Å²) in [6.07, 6.45) is 0. The van der Waals surface area contributed by atoms with Gasteiger partial charge in [0.05, 0.1) is 6.61 Å². The Hall–Kier alpha value is -1.84. The Labute approximate surface area is 120 Å². The third-order valence-electron chi connectivity index (χ3n) is 3.69. The van der Waals surface area contributed by atoms with Gasteiger partial charge in [0.1, 0.15) is 0 Å². The smallest absolute Gasteiger partial charge is 0.0681 e. The summed E-state index contributed by atoms with van der Waals surface area (Å²) in [6.45, 7) is 3.13. The van der Waals surface area contributed by atoms with Gasteiger partial charge in [-0.2, -0.15) is 0 Å². The molecule has 2 aromatic carbocycles. The predicted molar refractivity (Wildman–Crippen MR) is 83.1 cm³/mol. The SMILES string of the molecule is CC(c1cccc(N)c1)N(C)Cc1ccc(CO)cc1. The summed E-state index contributed by atoms with van der Waals surface area (Å²) >= 11 is 0. The summed E-state index contributed by atoms with van der Waals surface area (Å²) < 4.78 is 0. The molecule has 0 bridgehead atoms. The van der Waals surface area contributed by atoms with E-state index in [0.717, 1.165) is 17.8 Å². The summed E-state index contributed by atoms with van der Waals surface area (Å²) in [6, 6.07) is 16.4. The number of hydrogen-bond donors (Lipinski definition) is 2. The lowest BCUT2D eigenvalue weighted by Gasteiger charge is -2.25. The second-order valence-electron chi connectivity index (χ2n) is 5.24. The van der Waals surface area contributed by atoms with E-state index in [1.165, 1.54) is 11.1 Å². The van der Waals surface area contributed by atoms with Crippen LogP contribution < -0.4 is 5.73 Å². The van der Waals surface area contributed by atoms with Crippen molar-refractivity contribution in [3.8, 4) is 0 Å². The van der Waals surface area contributed by atoms with E-state index in [1.807, 2.05) is 30.3 Å². The average Bonchev–Trinajstić information content (AvgIpc) is 2.47. The monoisotopic (exact) mass is 270 g/mol. The Kier molecular flexibility index (Phi) is 4.77. The van der Waals surface area contributed by atoms with Crippen molar-refractivity contribution in [3.05, 3.63) is 65.2 Å². The van der Waals surface area contributed by atoms with Crippen LogP contribution in [0.1, 0.15) is 29.7 Å². The molecule has 106 valence electrons. The third kappa shape index (κ3) is 3.59. The van der Waals surface area contributed by atoms with Gasteiger partial charge in [0.2, 0.25) is 0 Å². The molecule has 3 heteroatoms. The number of benzene rings is 2. The molecule has 0 saturated heterocycles. The van der Waals surface area contributed by atoms with E-state index >= 15 is 0 Å². The topological polar surface area (TPSA) is 49.5 Å². The van der Waals surface area contributed by atoms with Gasteiger partial charge in [-0.1, -0.05) is 36.4 Å². The molecule has 1 atom stereocenters. The molecule has 3 N–H and O–H groups in total. The van der Waals surface area contributed by atoms with Crippen LogP contribution in [0, 0.1) is 0 Å². The number of aliphatic hydroxyl groups excluding tert-OH is 1. The van der Waals surface area contributed by atoms with Crippen LogP contribution in [0.5, 0.6) is 0 Å². The summed E-state index contributed by atoms with van der Waals surface area (Å²) in [5.41, 5.74) is 10.0. The second kappa shape index (κ2) is 6.55. The van der Waals surface area contributed by atoms with Crippen molar-refractivity contribution in [2.75, 3.05) is 12.8 Å². The van der Waals surface area contributed by atoms with E-state index in [2.05, 4.69) is 37.1 Å². The van der Waals surface area contributed by atoms with E-state index in [0.29, 0.717) is 6.04 Å². The van der Waals surface area contributed by atoms with Gasteiger partial charge >= 0.3 is 0 Å². The van der Waals surface area contributed by atoms with Crippen LogP contribution in [0.4, 0.5) is 5.69 Å². The van der Waals surface area contributed by atoms with Gasteiger partial charge in [0.15, 0.2) is 0 Å². The second-order valence-corrected chi connectivity index (χ2v) is 5.24. The first-order valence-corrected chi connectivity index (χ1v) is 6.84. The lowest BCUT2D eigenvalue weighted by atomic mass is 10.1. The van der Waals surface area contributed by atoms with Crippen LogP contribution in [0.25, 0.3) is 0 Å². The van der Waals surface area contributed by atoms with Crippen LogP contribution in [-0.4, -0.2) is 17.1 Å². The normalized spacial score (nSPS) is 12.6. The van der Waals surface area contributed by atoms with Crippen LogP contribution in [0.15, 0.2) is 48.5 Å². The van der Waals surface area contributed by atoms with E-state index in [4.69, 9.17) is 10.8 Å². The van der Waals surface area contributed by atoms with Crippen molar-refractivity contribution < 1.29 is 5.11 Å². The molecule has 0 radical (unpaired) electrons. The molecule has 0 saturated carbocycles. The molecular weight excluding hydrogens is 248 g/mol. The highest BCUT2D eigenvalue weighted by molar-refractivity contribution is 5.41. The Balaban J connectivity index is 2.04. The maximum Gasteiger partial charge on any atom is 0.0681 e. The van der Waals surface area contributed by atoms with Crippen molar-refractivity contribution in [2.45, 2.75) is 26.1 Å². The fourth-order valence-corrected chi connectivity index (χ4v) is 2.25. The van der Waals surface area contributed by atoms with Crippen LogP contribution >= 0.6 is 0 Å². The Bertz CT molecular complexity index is 551. The summed E-state index contributed by atoms with van der Waals surface area (Å²) in [5, 5.41) is 9.05. The van der Waals surface area contributed by atoms with Gasteiger partial charge in [-0.05, 0) is 42.8 Å². The molecule has 0 heterocycles. The van der Waals surface area contributed by atoms with Crippen molar-refractivity contribution in [1.82, 2.24) is 4.90 Å². The predicted octanol–water partition coefficient (Wildman–Crippen LogP) is 2.95. The summed E-state index contributed by atoms with van der Waals surface area (Å²) in [5.74, 6) is 0. The highest BCUT2D eigenvalue weighted by Gasteiger charge is 2.12. The average molecular weight is 270 g/mol. The number of hydrogen-bond acceptors (Lipinski definition) is 3. The highest BCUT2D eigenvalue weighted by Crippen LogP contribution is 2.22. The van der Waals surface area contributed by atoms with E-state index < -0.39 is 0 Å². The molecule has 0 aromatic heterocycles. The molecule has 3 nitrogen and oxygen atoms in total. The van der Waals surface area contributed by atoms with Crippen LogP contribution in [0.2, 0.25) is 0 Å². The number of rotatable bonds is 5. The Morgan fingerprint density at radius 1 is 1.10 bits per heavy atom. The molecule has 0 fully saturated rings. The van der Waals surface area contributed by atoms with Gasteiger partial charge in [-0.3, -0.25) is 4.90 Å². The molecule has 0 aliphatic carbocycles. The number of anilines is 1. The fraction of sp³-hybridized carbons (Fsp3) is 0.294. The number of aliphatic hydroxyl groups is 1. The first-order valence-electron chi connectivity index (χ1n) is 6.84. The largest absolute Gasteiger partial charge is 0.399 e. The van der Waals surface area contributed by atoms with E-state index in [-0.39, 0.29) is 6.61 Å². The van der Waals surface area contributed by atoms with Gasteiger partial charge in [-0.25, -0.2) is 0 Å². The molecule has 0 amide bonds. The molecule has 20 heavy (non-hydrogen) atoms. The zero-order valence-corrected chi connectivity index (χ0v) is 12.1. The van der Waals surface area contributed by atoms with Crippen molar-refractivity contribution in [2.24, 2.45) is 0 Å². The molecule has 2 rings (SSSR count). The van der Waals surface area contributed by atoms with Crippen molar-refractivity contribution >= 4 is 5.69 Å². The van der Waals surface area contributed by atoms with Gasteiger partial charge < -0.3 is 10.8 Å². The van der Waals surface area contributed by atoms with Crippen LogP contribution in [-0.2, 0) is 13.2 Å². The molecule has 0 spiro atoms. The van der Waals surface area contributed by atoms with Gasteiger partial charge in [0, 0.05) is 18.3 Å². The maximum absolute atomic E-state index is 9.05. The third-order valence-corrected chi connectivity index (χ3v) is 3.69. The standard InChI is InChI=1S/C17H22N2O/c1-13(16-4-3-5-17(18)10-16)19(2)11-14-6-8-15(12-20)9-7-14/h3-10,13,20H,11-12,18H2,1-2H3. The molecule has 0 aliphatic heterocycles. The molecular formula is C17H22N2O. The maximum atomic E-state index is 9.05. The number of nitrogens with two attached hydrogens (primary N) is 1. The summed E-state index contributed by atoms with van der Waals surface area (Å²) in [7, 11) is 2.10. The molecule has 2 aromatic rings. The fourth-order valence-electron chi connectivity index (χ4n) is 2.25. The Morgan fingerprint density at radius 2 is 1.75 bits per heavy atom. The van der Waals surface area contributed by atoms with Gasteiger partial charge in [-0.15, -0.1) is 0 Å². The van der Waals surface area contributed by atoms with Crippen LogP contribution in [0.3, 0.4) is 0 Å². The minimum Gasteiger partial charge on any atom is -0.399 e.